The third-order valence-electron chi connectivity index (χ3n) is 8.11. The number of carbonyl (C=O) groups is 7. The topological polar surface area (TPSA) is 228 Å². The van der Waals surface area contributed by atoms with Crippen molar-refractivity contribution in [1.29, 1.82) is 0 Å². The zero-order chi connectivity index (χ0) is 35.4. The first-order chi connectivity index (χ1) is 22.8. The maximum atomic E-state index is 13.8. The molecule has 8 N–H and O–H groups in total. The zero-order valence-electron chi connectivity index (χ0n) is 27.8. The second kappa shape index (κ2) is 17.8. The molecule has 0 aliphatic carbocycles. The number of amides is 6. The molecule has 1 aromatic heterocycles. The molecular formula is C33H47N7O8. The number of rotatable bonds is 13. The zero-order valence-corrected chi connectivity index (χ0v) is 27.8. The van der Waals surface area contributed by atoms with Gasteiger partial charge in [-0.1, -0.05) is 45.9 Å². The Morgan fingerprint density at radius 1 is 0.812 bits per heavy atom. The van der Waals surface area contributed by atoms with Gasteiger partial charge >= 0.3 is 5.97 Å². The van der Waals surface area contributed by atoms with Crippen LogP contribution >= 0.6 is 0 Å². The summed E-state index contributed by atoms with van der Waals surface area (Å²) in [5.74, 6) is -5.55. The molecule has 1 fully saturated rings. The van der Waals surface area contributed by atoms with Gasteiger partial charge in [-0.25, -0.2) is 0 Å². The van der Waals surface area contributed by atoms with Crippen LogP contribution < -0.4 is 31.9 Å². The molecule has 48 heavy (non-hydrogen) atoms. The molecule has 1 aromatic carbocycles. The summed E-state index contributed by atoms with van der Waals surface area (Å²) >= 11 is 0. The van der Waals surface area contributed by atoms with E-state index in [4.69, 9.17) is 0 Å². The van der Waals surface area contributed by atoms with Crippen LogP contribution in [0, 0.1) is 11.8 Å². The number of para-hydroxylation sites is 1. The van der Waals surface area contributed by atoms with Crippen LogP contribution in [0.4, 0.5) is 0 Å². The molecule has 2 aromatic rings. The fraction of sp³-hybridized carbons (Fsp3) is 0.545. The van der Waals surface area contributed by atoms with Crippen molar-refractivity contribution in [3.8, 4) is 0 Å². The molecule has 0 spiro atoms. The summed E-state index contributed by atoms with van der Waals surface area (Å²) < 4.78 is 0. The number of hydrogen-bond acceptors (Lipinski definition) is 7. The smallest absolute Gasteiger partial charge is 0.305 e. The minimum absolute atomic E-state index is 0.0164. The molecule has 2 heterocycles. The molecule has 15 nitrogen and oxygen atoms in total. The molecule has 1 aliphatic rings. The highest BCUT2D eigenvalue weighted by molar-refractivity contribution is 5.99. The lowest BCUT2D eigenvalue weighted by Crippen LogP contribution is -2.59. The molecule has 15 heteroatoms. The molecule has 1 aliphatic heterocycles. The number of aliphatic carboxylic acids is 1. The number of unbranched alkanes of at least 4 members (excludes halogenated alkanes) is 1. The third kappa shape index (κ3) is 10.8. The lowest BCUT2D eigenvalue weighted by Gasteiger charge is -2.28. The van der Waals surface area contributed by atoms with Gasteiger partial charge < -0.3 is 42.0 Å². The fourth-order valence-corrected chi connectivity index (χ4v) is 5.59. The molecule has 0 unspecified atom stereocenters. The highest BCUT2D eigenvalue weighted by atomic mass is 16.4. The number of carbonyl (C=O) groups excluding carboxylic acids is 6. The van der Waals surface area contributed by atoms with Crippen molar-refractivity contribution in [2.24, 2.45) is 11.8 Å². The van der Waals surface area contributed by atoms with E-state index in [1.165, 1.54) is 0 Å². The minimum Gasteiger partial charge on any atom is -0.481 e. The van der Waals surface area contributed by atoms with Crippen LogP contribution in [0.1, 0.15) is 65.4 Å². The monoisotopic (exact) mass is 669 g/mol. The number of aromatic nitrogens is 1. The molecule has 1 saturated heterocycles. The van der Waals surface area contributed by atoms with E-state index in [2.05, 4.69) is 36.9 Å². The second-order valence-corrected chi connectivity index (χ2v) is 12.8. The summed E-state index contributed by atoms with van der Waals surface area (Å²) in [6.07, 6.45) is 2.60. The van der Waals surface area contributed by atoms with Crippen molar-refractivity contribution in [2.75, 3.05) is 6.54 Å². The third-order valence-corrected chi connectivity index (χ3v) is 8.11. The summed E-state index contributed by atoms with van der Waals surface area (Å²) in [4.78, 5) is 93.9. The van der Waals surface area contributed by atoms with Crippen LogP contribution in [0.2, 0.25) is 0 Å². The van der Waals surface area contributed by atoms with Gasteiger partial charge in [-0.15, -0.1) is 0 Å². The molecule has 262 valence electrons. The molecule has 5 atom stereocenters. The van der Waals surface area contributed by atoms with E-state index in [1.807, 2.05) is 38.1 Å². The van der Waals surface area contributed by atoms with Crippen LogP contribution in [-0.4, -0.2) is 88.8 Å². The highest BCUT2D eigenvalue weighted by Gasteiger charge is 2.36. The van der Waals surface area contributed by atoms with Crippen molar-refractivity contribution < 1.29 is 38.7 Å². The largest absolute Gasteiger partial charge is 0.481 e. The molecule has 0 saturated carbocycles. The van der Waals surface area contributed by atoms with Gasteiger partial charge in [-0.05, 0) is 49.1 Å². The van der Waals surface area contributed by atoms with Crippen LogP contribution in [-0.2, 0) is 40.0 Å². The highest BCUT2D eigenvalue weighted by Crippen LogP contribution is 2.20. The van der Waals surface area contributed by atoms with Crippen molar-refractivity contribution >= 4 is 52.8 Å². The first-order valence-corrected chi connectivity index (χ1v) is 16.3. The predicted molar refractivity (Wildman–Crippen MR) is 176 cm³/mol. The van der Waals surface area contributed by atoms with Crippen LogP contribution in [0.3, 0.4) is 0 Å². The van der Waals surface area contributed by atoms with E-state index in [1.54, 1.807) is 20.0 Å². The first kappa shape index (κ1) is 37.5. The van der Waals surface area contributed by atoms with Crippen LogP contribution in [0.25, 0.3) is 10.9 Å². The number of aromatic amines is 1. The second-order valence-electron chi connectivity index (χ2n) is 12.8. The molecule has 3 rings (SSSR count). The van der Waals surface area contributed by atoms with Gasteiger partial charge in [0, 0.05) is 30.1 Å². The van der Waals surface area contributed by atoms with E-state index in [0.717, 1.165) is 10.9 Å². The van der Waals surface area contributed by atoms with Crippen molar-refractivity contribution in [2.45, 2.75) is 96.4 Å². The van der Waals surface area contributed by atoms with E-state index < -0.39 is 78.1 Å². The van der Waals surface area contributed by atoms with Gasteiger partial charge in [-0.3, -0.25) is 33.6 Å². The number of fused-ring (bicyclic) bond motifs is 1. The predicted octanol–water partition coefficient (Wildman–Crippen LogP) is 0.241. The van der Waals surface area contributed by atoms with E-state index in [-0.39, 0.29) is 25.2 Å². The normalized spacial score (nSPS) is 23.0. The number of H-pyrrole nitrogens is 1. The Morgan fingerprint density at radius 2 is 1.42 bits per heavy atom. The average molecular weight is 670 g/mol. The number of hydrogen-bond donors (Lipinski definition) is 8. The van der Waals surface area contributed by atoms with Crippen molar-refractivity contribution in [3.63, 3.8) is 0 Å². The fourth-order valence-electron chi connectivity index (χ4n) is 5.59. The van der Waals surface area contributed by atoms with Gasteiger partial charge in [-0.2, -0.15) is 0 Å². The van der Waals surface area contributed by atoms with Gasteiger partial charge in [0.2, 0.25) is 35.9 Å². The minimum atomic E-state index is -1.60. The summed E-state index contributed by atoms with van der Waals surface area (Å²) in [5, 5.41) is 26.2. The van der Waals surface area contributed by atoms with Gasteiger partial charge in [0.25, 0.3) is 0 Å². The van der Waals surface area contributed by atoms with E-state index >= 15 is 0 Å². The lowest BCUT2D eigenvalue weighted by atomic mass is 9.98. The Kier molecular flexibility index (Phi) is 13.9. The Morgan fingerprint density at radius 3 is 2.08 bits per heavy atom. The number of benzene rings is 1. The van der Waals surface area contributed by atoms with Crippen LogP contribution in [0.15, 0.2) is 30.5 Å². The van der Waals surface area contributed by atoms with Gasteiger partial charge in [0.1, 0.15) is 30.2 Å². The number of nitrogens with one attached hydrogen (secondary N) is 7. The van der Waals surface area contributed by atoms with Gasteiger partial charge in [0.05, 0.1) is 6.42 Å². The summed E-state index contributed by atoms with van der Waals surface area (Å²) in [6, 6.07) is 1.15. The van der Waals surface area contributed by atoms with Crippen molar-refractivity contribution in [3.05, 3.63) is 36.0 Å². The quantitative estimate of drug-likeness (QED) is 0.109. The maximum Gasteiger partial charge on any atom is 0.305 e. The summed E-state index contributed by atoms with van der Waals surface area (Å²) in [5.41, 5.74) is 1.49. The molecule has 0 radical (unpaired) electrons. The maximum absolute atomic E-state index is 13.8. The standard InChI is InChI=1S/C33H47N7O8/c1-18(2)13-24-30(45)37-25(14-20-16-35-22-10-6-5-9-21(20)22)31(46)38-26(15-27(42)43)32(47)36-23(11-7-8-12-34-17-41)29(44)40-28(19(3)4)33(48)39-24/h5-6,9-10,16-19,23-26,28,35H,7-8,11-15H2,1-4H3,(H,34,41)(H,36,47)(H,37,45)(H,38,46)(H,39,48)(H,40,44)(H,42,43)/t23-,24-,25+,26+,28+/m0/s1. The molecule has 0 bridgehead atoms. The number of carboxylic acids is 1. The SMILES string of the molecule is CC(C)C[C@@H]1NC(=O)[C@@H](C(C)C)NC(=O)[C@H](CCCCNC=O)NC(=O)[C@@H](CC(=O)O)NC(=O)[C@@H](Cc2c[nH]c3ccccc23)NC1=O. The van der Waals surface area contributed by atoms with Crippen molar-refractivity contribution in [1.82, 2.24) is 36.9 Å². The number of carboxylic acid groups (broad SMARTS) is 1. The Balaban J connectivity index is 2.05. The van der Waals surface area contributed by atoms with Gasteiger partial charge in [0.15, 0.2) is 0 Å². The Bertz CT molecular complexity index is 1470. The first-order valence-electron chi connectivity index (χ1n) is 16.3. The summed E-state index contributed by atoms with van der Waals surface area (Å²) in [6.45, 7) is 7.51. The lowest BCUT2D eigenvalue weighted by molar-refractivity contribution is -0.141. The molecular weight excluding hydrogens is 622 g/mol. The molecule has 6 amide bonds. The Labute approximate surface area is 279 Å². The summed E-state index contributed by atoms with van der Waals surface area (Å²) in [7, 11) is 0. The van der Waals surface area contributed by atoms with E-state index in [0.29, 0.717) is 31.4 Å². The Hall–Kier alpha value is -4.95. The van der Waals surface area contributed by atoms with E-state index in [9.17, 15) is 38.7 Å². The average Bonchev–Trinajstić information content (AvgIpc) is 3.43. The van der Waals surface area contributed by atoms with Crippen LogP contribution in [0.5, 0.6) is 0 Å².